The predicted molar refractivity (Wildman–Crippen MR) is 77.7 cm³/mol. The first-order chi connectivity index (χ1) is 8.56. The average Bonchev–Trinajstić information content (AvgIpc) is 2.30. The molecule has 0 fully saturated rings. The molecule has 1 aromatic heterocycles. The molecule has 94 valence electrons. The van der Waals surface area contributed by atoms with Gasteiger partial charge in [0, 0.05) is 27.7 Å². The predicted octanol–water partition coefficient (Wildman–Crippen LogP) is 2.72. The molecule has 6 heteroatoms. The summed E-state index contributed by atoms with van der Waals surface area (Å²) in [6.07, 6.45) is 0. The zero-order valence-corrected chi connectivity index (χ0v) is 12.1. The largest absolute Gasteiger partial charge is 0.398 e. The van der Waals surface area contributed by atoms with E-state index in [1.807, 2.05) is 18.2 Å². The van der Waals surface area contributed by atoms with E-state index in [0.29, 0.717) is 22.3 Å². The molecule has 4 nitrogen and oxygen atoms in total. The van der Waals surface area contributed by atoms with Gasteiger partial charge in [-0.3, -0.25) is 4.79 Å². The molecule has 0 atom stereocenters. The Morgan fingerprint density at radius 3 is 3.00 bits per heavy atom. The van der Waals surface area contributed by atoms with Gasteiger partial charge >= 0.3 is 0 Å². The lowest BCUT2D eigenvalue weighted by Crippen LogP contribution is -2.08. The number of aromatic amines is 1. The van der Waals surface area contributed by atoms with Gasteiger partial charge in [0.15, 0.2) is 5.16 Å². The van der Waals surface area contributed by atoms with Crippen molar-refractivity contribution >= 4 is 33.4 Å². The van der Waals surface area contributed by atoms with Crippen LogP contribution >= 0.6 is 27.7 Å². The summed E-state index contributed by atoms with van der Waals surface area (Å²) in [6, 6.07) is 7.20. The molecule has 2 aromatic rings. The van der Waals surface area contributed by atoms with Crippen LogP contribution < -0.4 is 11.3 Å². The normalized spacial score (nSPS) is 10.6. The van der Waals surface area contributed by atoms with Gasteiger partial charge in [-0.2, -0.15) is 0 Å². The summed E-state index contributed by atoms with van der Waals surface area (Å²) in [4.78, 5) is 18.3. The second-order valence-electron chi connectivity index (χ2n) is 3.80. The average molecular weight is 326 g/mol. The molecule has 0 amide bonds. The molecular weight excluding hydrogens is 314 g/mol. The highest BCUT2D eigenvalue weighted by Crippen LogP contribution is 2.28. The third kappa shape index (κ3) is 3.14. The lowest BCUT2D eigenvalue weighted by Gasteiger charge is -2.06. The monoisotopic (exact) mass is 325 g/mol. The summed E-state index contributed by atoms with van der Waals surface area (Å²) >= 11 is 4.92. The number of rotatable bonds is 3. The molecule has 1 heterocycles. The van der Waals surface area contributed by atoms with E-state index in [2.05, 4.69) is 25.9 Å². The standard InChI is InChI=1S/C12H12BrN3OS/c1-7-5-10(17)16-12(15-7)18-6-8-3-2-4-9(14)11(8)13/h2-5H,6,14H2,1H3,(H,15,16,17). The van der Waals surface area contributed by atoms with E-state index >= 15 is 0 Å². The van der Waals surface area contributed by atoms with Gasteiger partial charge in [0.25, 0.3) is 5.56 Å². The Hall–Kier alpha value is -1.27. The van der Waals surface area contributed by atoms with Crippen molar-refractivity contribution < 1.29 is 0 Å². The van der Waals surface area contributed by atoms with E-state index in [1.165, 1.54) is 17.8 Å². The van der Waals surface area contributed by atoms with Gasteiger partial charge in [-0.15, -0.1) is 0 Å². The molecule has 0 saturated carbocycles. The number of nitrogen functional groups attached to an aromatic ring is 1. The first-order valence-electron chi connectivity index (χ1n) is 5.30. The van der Waals surface area contributed by atoms with Crippen molar-refractivity contribution in [1.82, 2.24) is 9.97 Å². The van der Waals surface area contributed by atoms with Crippen molar-refractivity contribution in [2.45, 2.75) is 17.8 Å². The maximum Gasteiger partial charge on any atom is 0.251 e. The number of nitrogens with one attached hydrogen (secondary N) is 1. The lowest BCUT2D eigenvalue weighted by molar-refractivity contribution is 0.905. The van der Waals surface area contributed by atoms with E-state index in [1.54, 1.807) is 6.92 Å². The third-order valence-corrected chi connectivity index (χ3v) is 4.21. The Labute approximate surface area is 117 Å². The SMILES string of the molecule is Cc1cc(=O)[nH]c(SCc2cccc(N)c2Br)n1. The van der Waals surface area contributed by atoms with Crippen LogP contribution in [0.25, 0.3) is 0 Å². The van der Waals surface area contributed by atoms with Crippen LogP contribution in [-0.2, 0) is 5.75 Å². The van der Waals surface area contributed by atoms with E-state index in [0.717, 1.165) is 10.0 Å². The number of benzene rings is 1. The first kappa shape index (κ1) is 13.2. The minimum Gasteiger partial charge on any atom is -0.398 e. The van der Waals surface area contributed by atoms with Crippen LogP contribution in [0.3, 0.4) is 0 Å². The number of nitrogens with two attached hydrogens (primary N) is 1. The summed E-state index contributed by atoms with van der Waals surface area (Å²) in [5.74, 6) is 0.692. The molecule has 3 N–H and O–H groups in total. The van der Waals surface area contributed by atoms with Gasteiger partial charge in [-0.25, -0.2) is 4.98 Å². The van der Waals surface area contributed by atoms with Crippen molar-refractivity contribution in [3.8, 4) is 0 Å². The van der Waals surface area contributed by atoms with Gasteiger partial charge in [0.2, 0.25) is 0 Å². The molecule has 0 saturated heterocycles. The van der Waals surface area contributed by atoms with Gasteiger partial charge in [-0.1, -0.05) is 23.9 Å². The zero-order valence-electron chi connectivity index (χ0n) is 9.74. The number of hydrogen-bond donors (Lipinski definition) is 2. The van der Waals surface area contributed by atoms with Gasteiger partial charge in [0.05, 0.1) is 0 Å². The highest BCUT2D eigenvalue weighted by molar-refractivity contribution is 9.10. The van der Waals surface area contributed by atoms with Crippen LogP contribution in [0.5, 0.6) is 0 Å². The molecule has 18 heavy (non-hydrogen) atoms. The number of anilines is 1. The fraction of sp³-hybridized carbons (Fsp3) is 0.167. The van der Waals surface area contributed by atoms with Crippen molar-refractivity contribution in [3.63, 3.8) is 0 Å². The van der Waals surface area contributed by atoms with Crippen LogP contribution in [-0.4, -0.2) is 9.97 Å². The van der Waals surface area contributed by atoms with Crippen molar-refractivity contribution in [2.24, 2.45) is 0 Å². The Morgan fingerprint density at radius 2 is 2.28 bits per heavy atom. The topological polar surface area (TPSA) is 71.8 Å². The third-order valence-electron chi connectivity index (χ3n) is 2.32. The number of H-pyrrole nitrogens is 1. The first-order valence-corrected chi connectivity index (χ1v) is 7.08. The maximum absolute atomic E-state index is 11.3. The lowest BCUT2D eigenvalue weighted by atomic mass is 10.2. The van der Waals surface area contributed by atoms with Crippen molar-refractivity contribution in [3.05, 3.63) is 50.3 Å². The van der Waals surface area contributed by atoms with E-state index < -0.39 is 0 Å². The van der Waals surface area contributed by atoms with Crippen molar-refractivity contribution in [1.29, 1.82) is 0 Å². The quantitative estimate of drug-likeness (QED) is 0.517. The van der Waals surface area contributed by atoms with Crippen molar-refractivity contribution in [2.75, 3.05) is 5.73 Å². The molecule has 0 aliphatic heterocycles. The number of hydrogen-bond acceptors (Lipinski definition) is 4. The summed E-state index contributed by atoms with van der Waals surface area (Å²) in [7, 11) is 0. The minimum absolute atomic E-state index is 0.128. The number of thioether (sulfide) groups is 1. The molecular formula is C12H12BrN3OS. The molecule has 0 unspecified atom stereocenters. The minimum atomic E-state index is -0.128. The number of halogens is 1. The van der Waals surface area contributed by atoms with E-state index in [4.69, 9.17) is 5.73 Å². The Kier molecular flexibility index (Phi) is 4.08. The Bertz CT molecular complexity index is 627. The molecule has 0 aliphatic rings. The highest BCUT2D eigenvalue weighted by Gasteiger charge is 2.05. The van der Waals surface area contributed by atoms with Crippen LogP contribution in [0.4, 0.5) is 5.69 Å². The molecule has 0 aliphatic carbocycles. The second-order valence-corrected chi connectivity index (χ2v) is 5.56. The van der Waals surface area contributed by atoms with Crippen LogP contribution in [0, 0.1) is 6.92 Å². The molecule has 0 radical (unpaired) electrons. The number of aryl methyl sites for hydroxylation is 1. The summed E-state index contributed by atoms with van der Waals surface area (Å²) in [6.45, 7) is 1.80. The maximum atomic E-state index is 11.3. The van der Waals surface area contributed by atoms with Gasteiger partial charge in [0.1, 0.15) is 0 Å². The van der Waals surface area contributed by atoms with E-state index in [9.17, 15) is 4.79 Å². The summed E-state index contributed by atoms with van der Waals surface area (Å²) in [5, 5.41) is 0.620. The summed E-state index contributed by atoms with van der Waals surface area (Å²) in [5.41, 5.74) is 8.18. The number of aromatic nitrogens is 2. The fourth-order valence-electron chi connectivity index (χ4n) is 1.48. The summed E-state index contributed by atoms with van der Waals surface area (Å²) < 4.78 is 0.896. The van der Waals surface area contributed by atoms with Crippen LogP contribution in [0.2, 0.25) is 0 Å². The molecule has 2 rings (SSSR count). The number of nitrogens with zero attached hydrogens (tertiary/aromatic N) is 1. The van der Waals surface area contributed by atoms with Crippen LogP contribution in [0.15, 0.2) is 38.7 Å². The zero-order chi connectivity index (χ0) is 13.1. The molecule has 1 aromatic carbocycles. The van der Waals surface area contributed by atoms with Crippen LogP contribution in [0.1, 0.15) is 11.3 Å². The van der Waals surface area contributed by atoms with Gasteiger partial charge < -0.3 is 10.7 Å². The molecule has 0 bridgehead atoms. The molecule has 0 spiro atoms. The Morgan fingerprint density at radius 1 is 1.50 bits per heavy atom. The van der Waals surface area contributed by atoms with Gasteiger partial charge in [-0.05, 0) is 34.5 Å². The Balaban J connectivity index is 2.16. The highest BCUT2D eigenvalue weighted by atomic mass is 79.9. The smallest absolute Gasteiger partial charge is 0.251 e. The van der Waals surface area contributed by atoms with E-state index in [-0.39, 0.29) is 5.56 Å². The second kappa shape index (κ2) is 5.58. The fourth-order valence-corrected chi connectivity index (χ4v) is 2.98.